The number of benzene rings is 2. The summed E-state index contributed by atoms with van der Waals surface area (Å²) in [6.45, 7) is 0. The van der Waals surface area contributed by atoms with Crippen LogP contribution >= 0.6 is 0 Å². The van der Waals surface area contributed by atoms with Crippen LogP contribution in [0.15, 0.2) is 60.7 Å². The third kappa shape index (κ3) is 3.33. The number of nitrogens with one attached hydrogen (secondary N) is 2. The van der Waals surface area contributed by atoms with Crippen LogP contribution < -0.4 is 0 Å². The SMILES string of the molecule is [Co+2].[NH-]C1C=Cc2ccccc21.[NH-]C1C=Cc2ccccc21. The normalized spacial score (nSPS) is 20.1. The fourth-order valence-corrected chi connectivity index (χ4v) is 2.50. The molecule has 3 heteroatoms. The monoisotopic (exact) mass is 319 g/mol. The van der Waals surface area contributed by atoms with Crippen LogP contribution in [0.3, 0.4) is 0 Å². The molecule has 2 aliphatic carbocycles. The van der Waals surface area contributed by atoms with Crippen molar-refractivity contribution in [3.8, 4) is 0 Å². The Morgan fingerprint density at radius 3 is 1.38 bits per heavy atom. The van der Waals surface area contributed by atoms with Crippen molar-refractivity contribution < 1.29 is 16.8 Å². The molecule has 0 fully saturated rings. The van der Waals surface area contributed by atoms with Gasteiger partial charge in [0.1, 0.15) is 0 Å². The third-order valence-electron chi connectivity index (χ3n) is 3.60. The zero-order valence-electron chi connectivity index (χ0n) is 11.4. The molecule has 2 aromatic carbocycles. The molecular weight excluding hydrogens is 303 g/mol. The van der Waals surface area contributed by atoms with E-state index in [-0.39, 0.29) is 28.9 Å². The van der Waals surface area contributed by atoms with Crippen LogP contribution in [0.5, 0.6) is 0 Å². The molecule has 0 saturated carbocycles. The Balaban J connectivity index is 0.000000147. The van der Waals surface area contributed by atoms with Crippen LogP contribution in [0.4, 0.5) is 0 Å². The van der Waals surface area contributed by atoms with Crippen LogP contribution in [0.2, 0.25) is 0 Å². The summed E-state index contributed by atoms with van der Waals surface area (Å²) in [5.41, 5.74) is 19.7. The topological polar surface area (TPSA) is 47.6 Å². The average molecular weight is 319 g/mol. The van der Waals surface area contributed by atoms with Gasteiger partial charge in [-0.05, 0) is 11.1 Å². The van der Waals surface area contributed by atoms with Gasteiger partial charge in [0, 0.05) is 0 Å². The largest absolute Gasteiger partial charge is 2.00 e. The summed E-state index contributed by atoms with van der Waals surface area (Å²) in [6, 6.07) is 15.8. The molecule has 0 bridgehead atoms. The van der Waals surface area contributed by atoms with Crippen molar-refractivity contribution in [2.45, 2.75) is 12.1 Å². The molecule has 21 heavy (non-hydrogen) atoms. The second-order valence-electron chi connectivity index (χ2n) is 4.93. The Bertz CT molecular complexity index is 617. The fourth-order valence-electron chi connectivity index (χ4n) is 2.50. The molecule has 0 spiro atoms. The summed E-state index contributed by atoms with van der Waals surface area (Å²) in [7, 11) is 0. The second-order valence-corrected chi connectivity index (χ2v) is 4.93. The summed E-state index contributed by atoms with van der Waals surface area (Å²) in [5.74, 6) is 0. The van der Waals surface area contributed by atoms with Crippen molar-refractivity contribution in [1.29, 1.82) is 0 Å². The van der Waals surface area contributed by atoms with Crippen LogP contribution in [0, 0.1) is 0 Å². The van der Waals surface area contributed by atoms with E-state index < -0.39 is 0 Å². The van der Waals surface area contributed by atoms with Crippen LogP contribution in [0.25, 0.3) is 23.6 Å². The van der Waals surface area contributed by atoms with Crippen LogP contribution in [0.1, 0.15) is 34.3 Å². The molecule has 4 rings (SSSR count). The maximum absolute atomic E-state index is 7.53. The van der Waals surface area contributed by atoms with Gasteiger partial charge in [-0.15, -0.1) is 0 Å². The summed E-state index contributed by atoms with van der Waals surface area (Å²) >= 11 is 0. The van der Waals surface area contributed by atoms with E-state index in [1.54, 1.807) is 0 Å². The summed E-state index contributed by atoms with van der Waals surface area (Å²) in [4.78, 5) is 0. The standard InChI is InChI=1S/2C9H8N.Co/c2*10-9-6-5-7-3-1-2-4-8(7)9;/h2*1-6,9-10H;/q2*-1;+2. The van der Waals surface area contributed by atoms with E-state index in [1.165, 1.54) is 11.1 Å². The minimum atomic E-state index is -0.129. The molecule has 0 heterocycles. The van der Waals surface area contributed by atoms with Gasteiger partial charge in [-0.3, -0.25) is 0 Å². The van der Waals surface area contributed by atoms with Crippen molar-refractivity contribution in [3.63, 3.8) is 0 Å². The van der Waals surface area contributed by atoms with E-state index in [1.807, 2.05) is 72.8 Å². The first-order valence-corrected chi connectivity index (χ1v) is 6.72. The van der Waals surface area contributed by atoms with Gasteiger partial charge in [0.25, 0.3) is 0 Å². The predicted molar refractivity (Wildman–Crippen MR) is 85.1 cm³/mol. The van der Waals surface area contributed by atoms with Gasteiger partial charge in [0.2, 0.25) is 0 Å². The number of fused-ring (bicyclic) bond motifs is 2. The van der Waals surface area contributed by atoms with E-state index in [4.69, 9.17) is 11.5 Å². The molecular formula is C18H16CoN2. The quantitative estimate of drug-likeness (QED) is 0.606. The first kappa shape index (κ1) is 15.7. The molecule has 2 aromatic rings. The molecule has 2 N–H and O–H groups in total. The smallest absolute Gasteiger partial charge is 0.667 e. The summed E-state index contributed by atoms with van der Waals surface area (Å²) < 4.78 is 0. The Morgan fingerprint density at radius 1 is 0.619 bits per heavy atom. The molecule has 2 aliphatic rings. The molecule has 0 amide bonds. The van der Waals surface area contributed by atoms with Gasteiger partial charge in [0.15, 0.2) is 0 Å². The fraction of sp³-hybridized carbons (Fsp3) is 0.111. The number of rotatable bonds is 0. The van der Waals surface area contributed by atoms with E-state index in [0.29, 0.717) is 0 Å². The van der Waals surface area contributed by atoms with E-state index >= 15 is 0 Å². The molecule has 0 saturated heterocycles. The van der Waals surface area contributed by atoms with E-state index in [0.717, 1.165) is 11.1 Å². The molecule has 0 aromatic heterocycles. The number of hydrogen-bond donors (Lipinski definition) is 0. The van der Waals surface area contributed by atoms with Crippen LogP contribution in [-0.4, -0.2) is 0 Å². The zero-order valence-corrected chi connectivity index (χ0v) is 12.5. The first-order valence-electron chi connectivity index (χ1n) is 6.72. The summed E-state index contributed by atoms with van der Waals surface area (Å²) in [6.07, 6.45) is 7.83. The van der Waals surface area contributed by atoms with Crippen molar-refractivity contribution >= 4 is 12.2 Å². The van der Waals surface area contributed by atoms with E-state index in [2.05, 4.69) is 0 Å². The van der Waals surface area contributed by atoms with Crippen molar-refractivity contribution in [3.05, 3.63) is 94.4 Å². The molecule has 1 radical (unpaired) electrons. The van der Waals surface area contributed by atoms with Crippen LogP contribution in [-0.2, 0) is 16.8 Å². The molecule has 2 unspecified atom stereocenters. The van der Waals surface area contributed by atoms with E-state index in [9.17, 15) is 0 Å². The first-order chi connectivity index (χ1) is 9.75. The maximum atomic E-state index is 7.53. The van der Waals surface area contributed by atoms with Crippen molar-refractivity contribution in [1.82, 2.24) is 0 Å². The molecule has 107 valence electrons. The zero-order chi connectivity index (χ0) is 13.9. The summed E-state index contributed by atoms with van der Waals surface area (Å²) in [5, 5.41) is 0. The predicted octanol–water partition coefficient (Wildman–Crippen LogP) is 5.61. The van der Waals surface area contributed by atoms with Gasteiger partial charge < -0.3 is 11.5 Å². The van der Waals surface area contributed by atoms with Gasteiger partial charge in [-0.25, -0.2) is 0 Å². The molecule has 0 aliphatic heterocycles. The Labute approximate surface area is 135 Å². The number of hydrogen-bond acceptors (Lipinski definition) is 0. The minimum absolute atomic E-state index is 0. The van der Waals surface area contributed by atoms with Gasteiger partial charge in [-0.1, -0.05) is 96.0 Å². The minimum Gasteiger partial charge on any atom is -0.667 e. The van der Waals surface area contributed by atoms with Gasteiger partial charge >= 0.3 is 16.8 Å². The average Bonchev–Trinajstić information content (AvgIpc) is 3.05. The van der Waals surface area contributed by atoms with Gasteiger partial charge in [0.05, 0.1) is 0 Å². The van der Waals surface area contributed by atoms with Crippen molar-refractivity contribution in [2.75, 3.05) is 0 Å². The van der Waals surface area contributed by atoms with Gasteiger partial charge in [-0.2, -0.15) is 0 Å². The Kier molecular flexibility index (Phi) is 5.15. The molecule has 2 atom stereocenters. The third-order valence-corrected chi connectivity index (χ3v) is 3.60. The molecule has 2 nitrogen and oxygen atoms in total. The second kappa shape index (κ2) is 6.87. The Hall–Kier alpha value is -1.65. The maximum Gasteiger partial charge on any atom is 2.00 e. The Morgan fingerprint density at radius 2 is 1.00 bits per heavy atom. The van der Waals surface area contributed by atoms with Crippen molar-refractivity contribution in [2.24, 2.45) is 0 Å².